The summed E-state index contributed by atoms with van der Waals surface area (Å²) in [6, 6.07) is 14.1. The Morgan fingerprint density at radius 1 is 1.16 bits per heavy atom. The van der Waals surface area contributed by atoms with E-state index in [2.05, 4.69) is 13.0 Å². The van der Waals surface area contributed by atoms with Crippen molar-refractivity contribution in [3.8, 4) is 11.5 Å². The van der Waals surface area contributed by atoms with Crippen LogP contribution in [0.1, 0.15) is 19.4 Å². The first-order valence-corrected chi connectivity index (χ1v) is 9.22. The van der Waals surface area contributed by atoms with Crippen LogP contribution in [0.2, 0.25) is 0 Å². The quantitative estimate of drug-likeness (QED) is 0.753. The van der Waals surface area contributed by atoms with Crippen LogP contribution in [0.5, 0.6) is 11.5 Å². The van der Waals surface area contributed by atoms with E-state index < -0.39 is 0 Å². The van der Waals surface area contributed by atoms with Crippen LogP contribution in [-0.4, -0.2) is 31.4 Å². The number of methoxy groups -OCH3 is 2. The second-order valence-corrected chi connectivity index (χ2v) is 7.58. The fraction of sp³-hybridized carbons (Fsp3) is 0.350. The maximum atomic E-state index is 13.0. The number of ether oxygens (including phenoxy) is 2. The molecule has 0 bridgehead atoms. The predicted octanol–water partition coefficient (Wildman–Crippen LogP) is 4.16. The Bertz CT molecular complexity index is 777. The minimum absolute atomic E-state index is 0.136. The second kappa shape index (κ2) is 7.40. The maximum Gasteiger partial charge on any atom is 0.240 e. The van der Waals surface area contributed by atoms with Crippen molar-refractivity contribution in [3.63, 3.8) is 0 Å². The Labute approximate surface area is 153 Å². The number of fused-ring (bicyclic) bond motifs is 1. The molecule has 0 aromatic heterocycles. The first-order chi connectivity index (χ1) is 12.0. The molecule has 2 aromatic rings. The van der Waals surface area contributed by atoms with Gasteiger partial charge in [0.1, 0.15) is 0 Å². The largest absolute Gasteiger partial charge is 0.493 e. The van der Waals surface area contributed by atoms with Crippen molar-refractivity contribution in [2.75, 3.05) is 19.1 Å². The van der Waals surface area contributed by atoms with Crippen molar-refractivity contribution in [3.05, 3.63) is 48.0 Å². The summed E-state index contributed by atoms with van der Waals surface area (Å²) in [6.45, 7) is 4.06. The maximum absolute atomic E-state index is 13.0. The predicted molar refractivity (Wildman–Crippen MR) is 102 cm³/mol. The Hall–Kier alpha value is -2.14. The Morgan fingerprint density at radius 2 is 1.88 bits per heavy atom. The number of benzene rings is 2. The smallest absolute Gasteiger partial charge is 0.240 e. The molecule has 0 spiro atoms. The summed E-state index contributed by atoms with van der Waals surface area (Å²) in [5.41, 5.74) is 2.28. The van der Waals surface area contributed by atoms with Gasteiger partial charge < -0.3 is 14.4 Å². The second-order valence-electron chi connectivity index (χ2n) is 6.17. The molecule has 1 heterocycles. The standard InChI is InChI=1S/C20H23NO3S/c1-13-11-15-7-5-6-8-17(15)21(13)20(22)14(2)25-16-9-10-18(23-3)19(12-16)24-4/h5-10,12-14H,11H2,1-4H3/t13-,14+/m1/s1. The van der Waals surface area contributed by atoms with E-state index in [9.17, 15) is 4.79 Å². The molecule has 4 nitrogen and oxygen atoms in total. The van der Waals surface area contributed by atoms with Gasteiger partial charge in [-0.15, -0.1) is 11.8 Å². The number of amides is 1. The van der Waals surface area contributed by atoms with Gasteiger partial charge in [-0.3, -0.25) is 4.79 Å². The number of para-hydroxylation sites is 1. The molecule has 0 N–H and O–H groups in total. The Kier molecular flexibility index (Phi) is 5.23. The summed E-state index contributed by atoms with van der Waals surface area (Å²) in [5.74, 6) is 1.50. The lowest BCUT2D eigenvalue weighted by atomic mass is 10.1. The van der Waals surface area contributed by atoms with Crippen LogP contribution in [0.25, 0.3) is 0 Å². The van der Waals surface area contributed by atoms with Crippen LogP contribution >= 0.6 is 11.8 Å². The molecule has 0 aliphatic carbocycles. The molecule has 1 aliphatic rings. The summed E-state index contributed by atoms with van der Waals surface area (Å²) in [6.07, 6.45) is 0.912. The molecule has 3 rings (SSSR count). The Morgan fingerprint density at radius 3 is 2.60 bits per heavy atom. The Balaban J connectivity index is 1.77. The summed E-state index contributed by atoms with van der Waals surface area (Å²) in [7, 11) is 3.23. The van der Waals surface area contributed by atoms with E-state index in [1.165, 1.54) is 17.3 Å². The molecular weight excluding hydrogens is 334 g/mol. The summed E-state index contributed by atoms with van der Waals surface area (Å²) >= 11 is 1.54. The normalized spacial score (nSPS) is 17.1. The van der Waals surface area contributed by atoms with Crippen molar-refractivity contribution >= 4 is 23.4 Å². The molecule has 0 unspecified atom stereocenters. The molecule has 5 heteroatoms. The number of hydrogen-bond donors (Lipinski definition) is 0. The zero-order valence-electron chi connectivity index (χ0n) is 15.0. The lowest BCUT2D eigenvalue weighted by molar-refractivity contribution is -0.118. The highest BCUT2D eigenvalue weighted by Gasteiger charge is 2.33. The topological polar surface area (TPSA) is 38.8 Å². The van der Waals surface area contributed by atoms with E-state index >= 15 is 0 Å². The molecule has 0 radical (unpaired) electrons. The van der Waals surface area contributed by atoms with Crippen molar-refractivity contribution in [1.82, 2.24) is 0 Å². The molecule has 1 amide bonds. The van der Waals surface area contributed by atoms with E-state index in [0.29, 0.717) is 11.5 Å². The number of hydrogen-bond acceptors (Lipinski definition) is 4. The molecule has 25 heavy (non-hydrogen) atoms. The molecule has 0 saturated carbocycles. The van der Waals surface area contributed by atoms with Gasteiger partial charge >= 0.3 is 0 Å². The number of carbonyl (C=O) groups is 1. The van der Waals surface area contributed by atoms with Crippen LogP contribution in [0.4, 0.5) is 5.69 Å². The van der Waals surface area contributed by atoms with E-state index in [0.717, 1.165) is 17.0 Å². The van der Waals surface area contributed by atoms with Crippen molar-refractivity contribution in [1.29, 1.82) is 0 Å². The zero-order chi connectivity index (χ0) is 18.0. The number of nitrogens with zero attached hydrogens (tertiary/aromatic N) is 1. The fourth-order valence-electron chi connectivity index (χ4n) is 3.24. The third-order valence-corrected chi connectivity index (χ3v) is 5.54. The van der Waals surface area contributed by atoms with Crippen LogP contribution in [0.3, 0.4) is 0 Å². The highest BCUT2D eigenvalue weighted by atomic mass is 32.2. The first kappa shape index (κ1) is 17.7. The third kappa shape index (κ3) is 3.47. The third-order valence-electron chi connectivity index (χ3n) is 4.46. The van der Waals surface area contributed by atoms with Gasteiger partial charge in [0.15, 0.2) is 11.5 Å². The van der Waals surface area contributed by atoms with Gasteiger partial charge in [0.05, 0.1) is 19.5 Å². The average Bonchev–Trinajstić information content (AvgIpc) is 2.96. The lowest BCUT2D eigenvalue weighted by Crippen LogP contribution is -2.40. The van der Waals surface area contributed by atoms with Crippen molar-refractivity contribution < 1.29 is 14.3 Å². The van der Waals surface area contributed by atoms with Gasteiger partial charge in [0, 0.05) is 16.6 Å². The van der Waals surface area contributed by atoms with Crippen LogP contribution in [0, 0.1) is 0 Å². The SMILES string of the molecule is COc1ccc(S[C@@H](C)C(=O)N2c3ccccc3C[C@H]2C)cc1OC. The van der Waals surface area contributed by atoms with Gasteiger partial charge in [-0.2, -0.15) is 0 Å². The molecule has 2 atom stereocenters. The van der Waals surface area contributed by atoms with Gasteiger partial charge in [-0.25, -0.2) is 0 Å². The molecule has 0 saturated heterocycles. The van der Waals surface area contributed by atoms with Crippen LogP contribution in [0.15, 0.2) is 47.4 Å². The highest BCUT2D eigenvalue weighted by molar-refractivity contribution is 8.00. The lowest BCUT2D eigenvalue weighted by Gasteiger charge is -2.26. The summed E-state index contributed by atoms with van der Waals surface area (Å²) < 4.78 is 10.6. The average molecular weight is 357 g/mol. The van der Waals surface area contributed by atoms with Gasteiger partial charge in [0.25, 0.3) is 0 Å². The zero-order valence-corrected chi connectivity index (χ0v) is 15.8. The van der Waals surface area contributed by atoms with Gasteiger partial charge in [-0.1, -0.05) is 18.2 Å². The fourth-order valence-corrected chi connectivity index (χ4v) is 4.19. The van der Waals surface area contributed by atoms with Crippen LogP contribution < -0.4 is 14.4 Å². The molecule has 2 aromatic carbocycles. The van der Waals surface area contributed by atoms with Gasteiger partial charge in [-0.05, 0) is 50.1 Å². The molecule has 0 fully saturated rings. The van der Waals surface area contributed by atoms with E-state index in [1.54, 1.807) is 14.2 Å². The minimum Gasteiger partial charge on any atom is -0.493 e. The van der Waals surface area contributed by atoms with Crippen LogP contribution in [-0.2, 0) is 11.2 Å². The highest BCUT2D eigenvalue weighted by Crippen LogP contribution is 2.37. The summed E-state index contributed by atoms with van der Waals surface area (Å²) in [5, 5.41) is -0.188. The number of rotatable bonds is 5. The van der Waals surface area contributed by atoms with E-state index in [1.807, 2.05) is 48.2 Å². The minimum atomic E-state index is -0.188. The number of anilines is 1. The van der Waals surface area contributed by atoms with E-state index in [-0.39, 0.29) is 17.2 Å². The molecular formula is C20H23NO3S. The van der Waals surface area contributed by atoms with Crippen molar-refractivity contribution in [2.45, 2.75) is 36.5 Å². The number of thioether (sulfide) groups is 1. The number of carbonyl (C=O) groups excluding carboxylic acids is 1. The molecule has 132 valence electrons. The van der Waals surface area contributed by atoms with Gasteiger partial charge in [0.2, 0.25) is 5.91 Å². The molecule has 1 aliphatic heterocycles. The van der Waals surface area contributed by atoms with Crippen molar-refractivity contribution in [2.24, 2.45) is 0 Å². The first-order valence-electron chi connectivity index (χ1n) is 8.34. The van der Waals surface area contributed by atoms with E-state index in [4.69, 9.17) is 9.47 Å². The summed E-state index contributed by atoms with van der Waals surface area (Å²) in [4.78, 5) is 16.0. The monoisotopic (exact) mass is 357 g/mol.